The van der Waals surface area contributed by atoms with Crippen molar-refractivity contribution in [3.05, 3.63) is 75.3 Å². The number of benzene rings is 2. The molecule has 0 radical (unpaired) electrons. The summed E-state index contributed by atoms with van der Waals surface area (Å²) in [5, 5.41) is 0.180. The maximum atomic E-state index is 14.0. The van der Waals surface area contributed by atoms with Gasteiger partial charge >= 0.3 is 0 Å². The quantitative estimate of drug-likeness (QED) is 0.148. The summed E-state index contributed by atoms with van der Waals surface area (Å²) in [4.78, 5) is 34.3. The van der Waals surface area contributed by atoms with E-state index >= 15 is 0 Å². The number of aromatic nitrogens is 3. The van der Waals surface area contributed by atoms with Crippen LogP contribution in [0.1, 0.15) is 25.7 Å². The third kappa shape index (κ3) is 2.68. The van der Waals surface area contributed by atoms with Gasteiger partial charge in [0.1, 0.15) is 10.8 Å². The number of aryl methyl sites for hydroxylation is 1. The number of carbonyl (C=O) groups excluding carboxylic acids is 2. The van der Waals surface area contributed by atoms with E-state index in [-0.39, 0.29) is 5.01 Å². The molecule has 0 N–H and O–H groups in total. The lowest BCUT2D eigenvalue weighted by Crippen LogP contribution is -2.07. The zero-order valence-corrected chi connectivity index (χ0v) is 16.4. The molecule has 0 spiro atoms. The Morgan fingerprint density at radius 2 is 1.45 bits per heavy atom. The number of Topliss-reactive ketones (excluding diaryl/α,β-unsaturated/α-hetero) is 2. The summed E-state index contributed by atoms with van der Waals surface area (Å²) in [7, 11) is 1.74. The van der Waals surface area contributed by atoms with E-state index in [4.69, 9.17) is 0 Å². The molecule has 0 fully saturated rings. The van der Waals surface area contributed by atoms with E-state index < -0.39 is 51.5 Å². The Morgan fingerprint density at radius 3 is 2.00 bits per heavy atom. The number of carbonyl (C=O) groups is 2. The van der Waals surface area contributed by atoms with Crippen molar-refractivity contribution in [2.45, 2.75) is 0 Å². The molecule has 0 saturated carbocycles. The normalized spacial score (nSPS) is 13.4. The lowest BCUT2D eigenvalue weighted by atomic mass is 10.1. The van der Waals surface area contributed by atoms with Gasteiger partial charge in [0.2, 0.25) is 11.6 Å². The standard InChI is InChI=1S/C21H9F4N3O2S/c1-28-19(8-5-3-2-4-6-8)27-21-20(28)26-10(31-21)7-9-17(29)11-12(18(9)30)14(23)16(25)15(24)13(11)22/h2-7H,1H3. The molecule has 0 bridgehead atoms. The minimum atomic E-state index is -2.14. The van der Waals surface area contributed by atoms with E-state index in [1.165, 1.54) is 0 Å². The van der Waals surface area contributed by atoms with Crippen molar-refractivity contribution in [3.8, 4) is 11.4 Å². The Labute approximate surface area is 175 Å². The van der Waals surface area contributed by atoms with Gasteiger partial charge in [-0.3, -0.25) is 9.59 Å². The lowest BCUT2D eigenvalue weighted by Gasteiger charge is -2.02. The fourth-order valence-corrected chi connectivity index (χ4v) is 4.39. The van der Waals surface area contributed by atoms with Crippen LogP contribution >= 0.6 is 11.3 Å². The Bertz CT molecular complexity index is 1420. The van der Waals surface area contributed by atoms with Crippen LogP contribution < -0.4 is 0 Å². The van der Waals surface area contributed by atoms with Crippen molar-refractivity contribution >= 4 is 39.5 Å². The number of hydrogen-bond donors (Lipinski definition) is 0. The Kier molecular flexibility index (Phi) is 4.16. The average Bonchev–Trinajstić information content (AvgIpc) is 3.38. The van der Waals surface area contributed by atoms with Gasteiger partial charge in [-0.1, -0.05) is 41.7 Å². The molecule has 1 aliphatic rings. The van der Waals surface area contributed by atoms with Gasteiger partial charge in [0, 0.05) is 12.6 Å². The zero-order chi connectivity index (χ0) is 22.0. The van der Waals surface area contributed by atoms with Crippen LogP contribution in [-0.2, 0) is 7.05 Å². The van der Waals surface area contributed by atoms with Crippen LogP contribution in [0.3, 0.4) is 0 Å². The third-order valence-corrected chi connectivity index (χ3v) is 5.85. The van der Waals surface area contributed by atoms with Crippen LogP contribution in [0.4, 0.5) is 17.6 Å². The molecule has 5 nitrogen and oxygen atoms in total. The molecule has 0 unspecified atom stereocenters. The highest BCUT2D eigenvalue weighted by molar-refractivity contribution is 7.19. The lowest BCUT2D eigenvalue weighted by molar-refractivity contribution is 0.0988. The summed E-state index contributed by atoms with van der Waals surface area (Å²) >= 11 is 1.05. The molecule has 154 valence electrons. The molecule has 31 heavy (non-hydrogen) atoms. The van der Waals surface area contributed by atoms with Gasteiger partial charge in [0.05, 0.1) is 16.7 Å². The van der Waals surface area contributed by atoms with Gasteiger partial charge in [0.15, 0.2) is 33.7 Å². The molecular weight excluding hydrogens is 434 g/mol. The van der Waals surface area contributed by atoms with Crippen molar-refractivity contribution in [2.75, 3.05) is 0 Å². The first kappa shape index (κ1) is 19.3. The van der Waals surface area contributed by atoms with Crippen molar-refractivity contribution in [1.29, 1.82) is 0 Å². The first-order valence-corrected chi connectivity index (χ1v) is 9.67. The van der Waals surface area contributed by atoms with Crippen molar-refractivity contribution in [1.82, 2.24) is 14.5 Å². The minimum absolute atomic E-state index is 0.180. The molecule has 2 heterocycles. The Hall–Kier alpha value is -3.66. The highest BCUT2D eigenvalue weighted by Crippen LogP contribution is 2.36. The predicted octanol–water partition coefficient (Wildman–Crippen LogP) is 4.72. The topological polar surface area (TPSA) is 64.8 Å². The summed E-state index contributed by atoms with van der Waals surface area (Å²) in [6.45, 7) is 0. The van der Waals surface area contributed by atoms with Gasteiger partial charge in [-0.25, -0.2) is 27.5 Å². The molecule has 1 aliphatic carbocycles. The number of hydrogen-bond acceptors (Lipinski definition) is 5. The average molecular weight is 443 g/mol. The minimum Gasteiger partial charge on any atom is -0.311 e. The van der Waals surface area contributed by atoms with Crippen LogP contribution in [0, 0.1) is 23.3 Å². The van der Waals surface area contributed by atoms with Crippen LogP contribution in [0.25, 0.3) is 27.9 Å². The number of ketones is 2. The largest absolute Gasteiger partial charge is 0.311 e. The van der Waals surface area contributed by atoms with Crippen molar-refractivity contribution in [3.63, 3.8) is 0 Å². The highest BCUT2D eigenvalue weighted by Gasteiger charge is 2.42. The number of halogens is 4. The number of allylic oxidation sites excluding steroid dienone is 1. The molecule has 10 heteroatoms. The van der Waals surface area contributed by atoms with E-state index in [1.807, 2.05) is 30.3 Å². The smallest absolute Gasteiger partial charge is 0.201 e. The maximum absolute atomic E-state index is 14.0. The van der Waals surface area contributed by atoms with E-state index in [2.05, 4.69) is 9.97 Å². The fraction of sp³-hybridized carbons (Fsp3) is 0.0476. The van der Waals surface area contributed by atoms with Crippen molar-refractivity contribution < 1.29 is 27.2 Å². The zero-order valence-electron chi connectivity index (χ0n) is 15.5. The Morgan fingerprint density at radius 1 is 0.871 bits per heavy atom. The van der Waals surface area contributed by atoms with Crippen LogP contribution in [0.5, 0.6) is 0 Å². The second-order valence-electron chi connectivity index (χ2n) is 6.76. The Balaban J connectivity index is 1.60. The van der Waals surface area contributed by atoms with Gasteiger partial charge < -0.3 is 4.57 Å². The molecule has 0 atom stereocenters. The van der Waals surface area contributed by atoms with Gasteiger partial charge in [0.25, 0.3) is 0 Å². The molecule has 2 aromatic carbocycles. The molecule has 0 aliphatic heterocycles. The summed E-state index contributed by atoms with van der Waals surface area (Å²) in [6, 6.07) is 9.35. The van der Waals surface area contributed by atoms with Gasteiger partial charge in [-0.05, 0) is 6.08 Å². The SMILES string of the molecule is Cn1c(-c2ccccc2)nc2sc(C=C3C(=O)c4c(F)c(F)c(F)c(F)c4C3=O)nc21. The monoisotopic (exact) mass is 443 g/mol. The number of rotatable bonds is 2. The van der Waals surface area contributed by atoms with Crippen LogP contribution in [0.2, 0.25) is 0 Å². The number of imidazole rings is 1. The predicted molar refractivity (Wildman–Crippen MR) is 105 cm³/mol. The van der Waals surface area contributed by atoms with E-state index in [0.29, 0.717) is 16.3 Å². The number of nitrogens with zero attached hydrogens (tertiary/aromatic N) is 3. The molecule has 0 amide bonds. The van der Waals surface area contributed by atoms with Crippen LogP contribution in [-0.4, -0.2) is 26.1 Å². The third-order valence-electron chi connectivity index (χ3n) is 4.96. The summed E-state index contributed by atoms with van der Waals surface area (Å²) in [6.07, 6.45) is 1.05. The second-order valence-corrected chi connectivity index (χ2v) is 7.77. The van der Waals surface area contributed by atoms with Crippen LogP contribution in [0.15, 0.2) is 35.9 Å². The summed E-state index contributed by atoms with van der Waals surface area (Å²) in [5.41, 5.74) is -1.51. The van der Waals surface area contributed by atoms with Gasteiger partial charge in [-0.2, -0.15) is 0 Å². The van der Waals surface area contributed by atoms with Gasteiger partial charge in [-0.15, -0.1) is 0 Å². The summed E-state index contributed by atoms with van der Waals surface area (Å²) < 4.78 is 56.9. The molecule has 2 aromatic heterocycles. The van der Waals surface area contributed by atoms with Crippen molar-refractivity contribution in [2.24, 2.45) is 7.05 Å². The first-order valence-electron chi connectivity index (χ1n) is 8.85. The molecule has 5 rings (SSSR count). The fourth-order valence-electron chi connectivity index (χ4n) is 3.47. The maximum Gasteiger partial charge on any atom is 0.201 e. The van der Waals surface area contributed by atoms with E-state index in [0.717, 1.165) is 23.0 Å². The molecular formula is C21H9F4N3O2S. The number of fused-ring (bicyclic) bond motifs is 2. The number of thiazole rings is 1. The molecule has 4 aromatic rings. The van der Waals surface area contributed by atoms with E-state index in [9.17, 15) is 27.2 Å². The highest BCUT2D eigenvalue weighted by atomic mass is 32.1. The summed E-state index contributed by atoms with van der Waals surface area (Å²) in [5.74, 6) is -9.88. The second kappa shape index (κ2) is 6.67. The van der Waals surface area contributed by atoms with E-state index in [1.54, 1.807) is 11.6 Å². The molecule has 0 saturated heterocycles. The first-order chi connectivity index (χ1) is 14.8.